The summed E-state index contributed by atoms with van der Waals surface area (Å²) in [6.45, 7) is 0. The summed E-state index contributed by atoms with van der Waals surface area (Å²) in [5.41, 5.74) is 7.53. The highest BCUT2D eigenvalue weighted by Crippen LogP contribution is 2.27. The van der Waals surface area contributed by atoms with E-state index >= 15 is 0 Å². The van der Waals surface area contributed by atoms with E-state index in [1.807, 2.05) is 6.07 Å². The van der Waals surface area contributed by atoms with Crippen LogP contribution in [0.25, 0.3) is 11.1 Å². The van der Waals surface area contributed by atoms with Crippen molar-refractivity contribution in [3.8, 4) is 11.1 Å². The largest absolute Gasteiger partial charge is 0.366 e. The van der Waals surface area contributed by atoms with Gasteiger partial charge in [0.15, 0.2) is 0 Å². The molecule has 0 unspecified atom stereocenters. The van der Waals surface area contributed by atoms with Gasteiger partial charge in [0, 0.05) is 17.3 Å². The fraction of sp³-hybridized carbons (Fsp3) is 0. The first-order valence-corrected chi connectivity index (χ1v) is 7.37. The third-order valence-corrected chi connectivity index (χ3v) is 3.56. The number of hydrogen-bond donors (Lipinski definition) is 2. The van der Waals surface area contributed by atoms with Crippen molar-refractivity contribution in [3.63, 3.8) is 0 Å². The van der Waals surface area contributed by atoms with Gasteiger partial charge in [-0.2, -0.15) is 0 Å². The summed E-state index contributed by atoms with van der Waals surface area (Å²) in [7, 11) is 0. The second-order valence-electron chi connectivity index (χ2n) is 5.12. The molecule has 5 nitrogen and oxygen atoms in total. The summed E-state index contributed by atoms with van der Waals surface area (Å²) >= 11 is 0. The van der Waals surface area contributed by atoms with Crippen molar-refractivity contribution in [1.29, 1.82) is 0 Å². The van der Waals surface area contributed by atoms with Crippen LogP contribution < -0.4 is 11.1 Å². The highest BCUT2D eigenvalue weighted by atomic mass is 16.2. The molecule has 0 aliphatic rings. The van der Waals surface area contributed by atoms with E-state index in [0.29, 0.717) is 28.1 Å². The molecule has 1 aromatic heterocycles. The summed E-state index contributed by atoms with van der Waals surface area (Å²) in [6, 6.07) is 19.3. The van der Waals surface area contributed by atoms with Crippen molar-refractivity contribution in [2.75, 3.05) is 5.32 Å². The van der Waals surface area contributed by atoms with E-state index in [-0.39, 0.29) is 5.91 Å². The number of carbonyl (C=O) groups is 2. The minimum absolute atomic E-state index is 0.302. The molecule has 0 aliphatic carbocycles. The van der Waals surface area contributed by atoms with Crippen LogP contribution in [0.15, 0.2) is 72.9 Å². The van der Waals surface area contributed by atoms with E-state index in [4.69, 9.17) is 5.73 Å². The predicted molar refractivity (Wildman–Crippen MR) is 92.6 cm³/mol. The molecule has 0 saturated carbocycles. The number of benzene rings is 2. The molecule has 2 amide bonds. The van der Waals surface area contributed by atoms with Gasteiger partial charge in [0.25, 0.3) is 5.91 Å². The number of rotatable bonds is 4. The zero-order chi connectivity index (χ0) is 16.9. The molecule has 2 aromatic carbocycles. The second-order valence-corrected chi connectivity index (χ2v) is 5.12. The number of nitrogens with zero attached hydrogens (tertiary/aromatic N) is 1. The molecule has 0 bridgehead atoms. The summed E-state index contributed by atoms with van der Waals surface area (Å²) in [5, 5.41) is 2.75. The average Bonchev–Trinajstić information content (AvgIpc) is 2.62. The van der Waals surface area contributed by atoms with Crippen LogP contribution in [0.5, 0.6) is 0 Å². The quantitative estimate of drug-likeness (QED) is 0.775. The molecular formula is C19H15N3O2. The number of carbonyl (C=O) groups excluding carboxylic acids is 2. The molecule has 3 aromatic rings. The molecule has 118 valence electrons. The van der Waals surface area contributed by atoms with Crippen molar-refractivity contribution in [2.24, 2.45) is 5.73 Å². The van der Waals surface area contributed by atoms with E-state index < -0.39 is 5.91 Å². The number of aromatic nitrogens is 1. The standard InChI is InChI=1S/C19H15N3O2/c20-18(23)15-9-3-1-7-13(15)14-8-2-4-10-16(14)19(24)22-17-11-5-6-12-21-17/h1-12H,(H2,20,23)(H,21,22,24). The topological polar surface area (TPSA) is 85.1 Å². The van der Waals surface area contributed by atoms with Crippen LogP contribution in [-0.2, 0) is 0 Å². The van der Waals surface area contributed by atoms with Crippen molar-refractivity contribution in [1.82, 2.24) is 4.98 Å². The maximum absolute atomic E-state index is 12.6. The summed E-state index contributed by atoms with van der Waals surface area (Å²) in [6.07, 6.45) is 1.60. The number of hydrogen-bond acceptors (Lipinski definition) is 3. The number of nitrogens with two attached hydrogens (primary N) is 1. The Hall–Kier alpha value is -3.47. The van der Waals surface area contributed by atoms with Crippen molar-refractivity contribution in [2.45, 2.75) is 0 Å². The van der Waals surface area contributed by atoms with Crippen LogP contribution in [0.3, 0.4) is 0 Å². The number of pyridine rings is 1. The van der Waals surface area contributed by atoms with Gasteiger partial charge >= 0.3 is 0 Å². The van der Waals surface area contributed by atoms with Gasteiger partial charge in [-0.3, -0.25) is 9.59 Å². The predicted octanol–water partition coefficient (Wildman–Crippen LogP) is 3.10. The molecule has 3 rings (SSSR count). The smallest absolute Gasteiger partial charge is 0.257 e. The molecule has 0 spiro atoms. The Bertz CT molecular complexity index is 892. The maximum Gasteiger partial charge on any atom is 0.257 e. The lowest BCUT2D eigenvalue weighted by Crippen LogP contribution is -2.16. The second kappa shape index (κ2) is 6.75. The molecule has 1 heterocycles. The van der Waals surface area contributed by atoms with Gasteiger partial charge in [-0.15, -0.1) is 0 Å². The van der Waals surface area contributed by atoms with Crippen molar-refractivity contribution < 1.29 is 9.59 Å². The normalized spacial score (nSPS) is 10.2. The van der Waals surface area contributed by atoms with Crippen LogP contribution in [0.1, 0.15) is 20.7 Å². The maximum atomic E-state index is 12.6. The fourth-order valence-corrected chi connectivity index (χ4v) is 2.47. The lowest BCUT2D eigenvalue weighted by molar-refractivity contribution is 0.0997. The Labute approximate surface area is 139 Å². The molecule has 0 fully saturated rings. The Morgan fingerprint density at radius 1 is 0.792 bits per heavy atom. The molecule has 5 heteroatoms. The minimum Gasteiger partial charge on any atom is -0.366 e. The van der Waals surface area contributed by atoms with Gasteiger partial charge in [0.05, 0.1) is 0 Å². The number of primary amides is 1. The summed E-state index contributed by atoms with van der Waals surface area (Å²) in [4.78, 5) is 28.4. The molecule has 0 aliphatic heterocycles. The Morgan fingerprint density at radius 2 is 1.38 bits per heavy atom. The summed E-state index contributed by atoms with van der Waals surface area (Å²) < 4.78 is 0. The first-order chi connectivity index (χ1) is 11.7. The Balaban J connectivity index is 2.03. The third-order valence-electron chi connectivity index (χ3n) is 3.56. The SMILES string of the molecule is NC(=O)c1ccccc1-c1ccccc1C(=O)Nc1ccccn1. The number of nitrogens with one attached hydrogen (secondary N) is 1. The highest BCUT2D eigenvalue weighted by Gasteiger charge is 2.16. The monoisotopic (exact) mass is 317 g/mol. The van der Waals surface area contributed by atoms with Gasteiger partial charge in [-0.1, -0.05) is 42.5 Å². The van der Waals surface area contributed by atoms with Gasteiger partial charge in [0.1, 0.15) is 5.82 Å². The van der Waals surface area contributed by atoms with Crippen molar-refractivity contribution in [3.05, 3.63) is 84.1 Å². The number of amides is 2. The highest BCUT2D eigenvalue weighted by molar-refractivity contribution is 6.10. The molecule has 0 radical (unpaired) electrons. The van der Waals surface area contributed by atoms with Gasteiger partial charge in [0.2, 0.25) is 5.91 Å². The van der Waals surface area contributed by atoms with E-state index in [0.717, 1.165) is 0 Å². The zero-order valence-corrected chi connectivity index (χ0v) is 12.8. The first-order valence-electron chi connectivity index (χ1n) is 7.37. The average molecular weight is 317 g/mol. The van der Waals surface area contributed by atoms with Crippen LogP contribution >= 0.6 is 0 Å². The molecule has 24 heavy (non-hydrogen) atoms. The van der Waals surface area contributed by atoms with E-state index in [9.17, 15) is 9.59 Å². The van der Waals surface area contributed by atoms with Crippen molar-refractivity contribution >= 4 is 17.6 Å². The third kappa shape index (κ3) is 3.15. The Kier molecular flexibility index (Phi) is 4.34. The molecule has 0 atom stereocenters. The first kappa shape index (κ1) is 15.4. The van der Waals surface area contributed by atoms with Crippen LogP contribution in [-0.4, -0.2) is 16.8 Å². The lowest BCUT2D eigenvalue weighted by Gasteiger charge is -2.12. The van der Waals surface area contributed by atoms with E-state index in [1.165, 1.54) is 0 Å². The van der Waals surface area contributed by atoms with Crippen LogP contribution in [0.2, 0.25) is 0 Å². The minimum atomic E-state index is -0.537. The number of anilines is 1. The van der Waals surface area contributed by atoms with Crippen LogP contribution in [0.4, 0.5) is 5.82 Å². The lowest BCUT2D eigenvalue weighted by atomic mass is 9.94. The summed E-state index contributed by atoms with van der Waals surface area (Å²) in [5.74, 6) is -0.380. The van der Waals surface area contributed by atoms with E-state index in [2.05, 4.69) is 10.3 Å². The molecule has 3 N–H and O–H groups in total. The molecule has 0 saturated heterocycles. The van der Waals surface area contributed by atoms with E-state index in [1.54, 1.807) is 66.9 Å². The Morgan fingerprint density at radius 3 is 2.00 bits per heavy atom. The van der Waals surface area contributed by atoms with Gasteiger partial charge in [-0.05, 0) is 35.4 Å². The fourth-order valence-electron chi connectivity index (χ4n) is 2.47. The molecular weight excluding hydrogens is 302 g/mol. The zero-order valence-electron chi connectivity index (χ0n) is 12.8. The van der Waals surface area contributed by atoms with Crippen LogP contribution in [0, 0.1) is 0 Å². The van der Waals surface area contributed by atoms with Gasteiger partial charge in [-0.25, -0.2) is 4.98 Å². The van der Waals surface area contributed by atoms with Gasteiger partial charge < -0.3 is 11.1 Å².